The van der Waals surface area contributed by atoms with E-state index in [0.29, 0.717) is 17.1 Å². The highest BCUT2D eigenvalue weighted by Crippen LogP contribution is 2.37. The molecular weight excluding hydrogens is 480 g/mol. The van der Waals surface area contributed by atoms with Gasteiger partial charge in [0.25, 0.3) is 10.0 Å². The highest BCUT2D eigenvalue weighted by Gasteiger charge is 2.23. The number of anilines is 2. The lowest BCUT2D eigenvalue weighted by atomic mass is 10.1. The first-order chi connectivity index (χ1) is 17.0. The number of rotatable bonds is 9. The lowest BCUT2D eigenvalue weighted by Gasteiger charge is -2.18. The number of ether oxygens (including phenoxy) is 1. The van der Waals surface area contributed by atoms with Crippen LogP contribution >= 0.6 is 11.8 Å². The van der Waals surface area contributed by atoms with Gasteiger partial charge in [-0.05, 0) is 54.1 Å². The van der Waals surface area contributed by atoms with E-state index in [0.717, 1.165) is 10.5 Å². The molecule has 0 heterocycles. The summed E-state index contributed by atoms with van der Waals surface area (Å²) in [7, 11) is -2.12. The van der Waals surface area contributed by atoms with Gasteiger partial charge in [-0.15, -0.1) is 11.8 Å². The maximum absolute atomic E-state index is 13.3. The Kier molecular flexibility index (Phi) is 7.74. The molecule has 1 amide bonds. The Morgan fingerprint density at radius 3 is 2.06 bits per heavy atom. The fraction of sp³-hybridized carbons (Fsp3) is 0.0741. The van der Waals surface area contributed by atoms with Crippen molar-refractivity contribution in [2.75, 3.05) is 17.1 Å². The van der Waals surface area contributed by atoms with Gasteiger partial charge in [0.2, 0.25) is 5.91 Å². The van der Waals surface area contributed by atoms with Gasteiger partial charge in [-0.3, -0.25) is 9.52 Å². The Morgan fingerprint density at radius 2 is 1.40 bits per heavy atom. The van der Waals surface area contributed by atoms with Crippen LogP contribution in [0.1, 0.15) is 10.8 Å². The molecule has 0 spiro atoms. The summed E-state index contributed by atoms with van der Waals surface area (Å²) in [6, 6.07) is 31.9. The Morgan fingerprint density at radius 1 is 0.800 bits per heavy atom. The molecule has 0 bridgehead atoms. The van der Waals surface area contributed by atoms with Crippen LogP contribution in [0.3, 0.4) is 0 Å². The SMILES string of the molecule is COc1ccccc1NC(=O)C(Sc1ccc(NS(=O)(=O)c2ccccc2)cc1)c1ccccc1. The lowest BCUT2D eigenvalue weighted by molar-refractivity contribution is -0.115. The van der Waals surface area contributed by atoms with Crippen molar-refractivity contribution in [3.8, 4) is 5.75 Å². The van der Waals surface area contributed by atoms with Gasteiger partial charge in [-0.1, -0.05) is 60.7 Å². The first-order valence-corrected chi connectivity index (χ1v) is 13.2. The van der Waals surface area contributed by atoms with Crippen LogP contribution in [0.15, 0.2) is 119 Å². The molecule has 1 unspecified atom stereocenters. The van der Waals surface area contributed by atoms with Gasteiger partial charge in [0.15, 0.2) is 0 Å². The molecule has 0 saturated carbocycles. The summed E-state index contributed by atoms with van der Waals surface area (Å²) in [6.07, 6.45) is 0. The number of hydrogen-bond donors (Lipinski definition) is 2. The Hall–Kier alpha value is -3.75. The minimum atomic E-state index is -3.68. The Balaban J connectivity index is 1.53. The second kappa shape index (κ2) is 11.1. The fourth-order valence-corrected chi connectivity index (χ4v) is 5.50. The molecule has 2 N–H and O–H groups in total. The van der Waals surface area contributed by atoms with Crippen LogP contribution in [0.2, 0.25) is 0 Å². The number of hydrogen-bond acceptors (Lipinski definition) is 5. The maximum atomic E-state index is 13.3. The summed E-state index contributed by atoms with van der Waals surface area (Å²) >= 11 is 1.38. The molecule has 6 nitrogen and oxygen atoms in total. The van der Waals surface area contributed by atoms with Crippen LogP contribution in [-0.2, 0) is 14.8 Å². The molecule has 0 aliphatic heterocycles. The molecule has 0 aliphatic rings. The summed E-state index contributed by atoms with van der Waals surface area (Å²) in [5.74, 6) is 0.382. The van der Waals surface area contributed by atoms with Gasteiger partial charge < -0.3 is 10.1 Å². The summed E-state index contributed by atoms with van der Waals surface area (Å²) in [5.41, 5.74) is 1.87. The van der Waals surface area contributed by atoms with Crippen LogP contribution in [0, 0.1) is 0 Å². The molecule has 0 saturated heterocycles. The van der Waals surface area contributed by atoms with Gasteiger partial charge in [0.1, 0.15) is 11.0 Å². The summed E-state index contributed by atoms with van der Waals surface area (Å²) in [4.78, 5) is 14.3. The van der Waals surface area contributed by atoms with E-state index >= 15 is 0 Å². The summed E-state index contributed by atoms with van der Waals surface area (Å²) in [6.45, 7) is 0. The van der Waals surface area contributed by atoms with Crippen LogP contribution in [0.5, 0.6) is 5.75 Å². The zero-order valence-corrected chi connectivity index (χ0v) is 20.6. The topological polar surface area (TPSA) is 84.5 Å². The van der Waals surface area contributed by atoms with Crippen molar-refractivity contribution in [2.45, 2.75) is 15.0 Å². The van der Waals surface area contributed by atoms with E-state index in [-0.39, 0.29) is 10.8 Å². The highest BCUT2D eigenvalue weighted by molar-refractivity contribution is 8.00. The predicted octanol–water partition coefficient (Wildman–Crippen LogP) is 5.97. The van der Waals surface area contributed by atoms with Crippen molar-refractivity contribution < 1.29 is 17.9 Å². The molecular formula is C27H24N2O4S2. The molecule has 0 radical (unpaired) electrons. The van der Waals surface area contributed by atoms with E-state index < -0.39 is 15.3 Å². The number of carbonyl (C=O) groups excluding carboxylic acids is 1. The Bertz CT molecular complexity index is 1380. The van der Waals surface area contributed by atoms with Crippen molar-refractivity contribution >= 4 is 39.1 Å². The second-order valence-corrected chi connectivity index (χ2v) is 10.4. The number of thioether (sulfide) groups is 1. The monoisotopic (exact) mass is 504 g/mol. The van der Waals surface area contributed by atoms with Crippen LogP contribution in [-0.4, -0.2) is 21.4 Å². The van der Waals surface area contributed by atoms with Gasteiger partial charge in [-0.25, -0.2) is 8.42 Å². The van der Waals surface area contributed by atoms with Gasteiger partial charge in [0, 0.05) is 10.6 Å². The number of nitrogens with one attached hydrogen (secondary N) is 2. The first kappa shape index (κ1) is 24.4. The van der Waals surface area contributed by atoms with Gasteiger partial charge in [-0.2, -0.15) is 0 Å². The van der Waals surface area contributed by atoms with Crippen LogP contribution in [0.4, 0.5) is 11.4 Å². The van der Waals surface area contributed by atoms with E-state index in [1.807, 2.05) is 42.5 Å². The van der Waals surface area contributed by atoms with Crippen LogP contribution in [0.25, 0.3) is 0 Å². The smallest absolute Gasteiger partial charge is 0.261 e. The molecule has 1 atom stereocenters. The largest absolute Gasteiger partial charge is 0.495 e. The molecule has 8 heteroatoms. The Labute approximate surface area is 209 Å². The molecule has 0 aliphatic carbocycles. The van der Waals surface area contributed by atoms with Crippen molar-refractivity contribution in [3.05, 3.63) is 115 Å². The van der Waals surface area contributed by atoms with E-state index in [9.17, 15) is 13.2 Å². The highest BCUT2D eigenvalue weighted by atomic mass is 32.2. The quantitative estimate of drug-likeness (QED) is 0.275. The normalized spacial score (nSPS) is 11.9. The molecule has 0 aromatic heterocycles. The summed E-state index contributed by atoms with van der Waals surface area (Å²) < 4.78 is 33.1. The van der Waals surface area contributed by atoms with E-state index in [1.165, 1.54) is 23.9 Å². The molecule has 0 fully saturated rings. The number of amides is 1. The maximum Gasteiger partial charge on any atom is 0.261 e. The predicted molar refractivity (Wildman–Crippen MR) is 140 cm³/mol. The third-order valence-electron chi connectivity index (χ3n) is 5.12. The van der Waals surface area contributed by atoms with E-state index in [1.54, 1.807) is 61.7 Å². The molecule has 4 aromatic rings. The third-order valence-corrected chi connectivity index (χ3v) is 7.78. The zero-order valence-electron chi connectivity index (χ0n) is 18.9. The van der Waals surface area contributed by atoms with Gasteiger partial charge >= 0.3 is 0 Å². The van der Waals surface area contributed by atoms with Crippen molar-refractivity contribution in [3.63, 3.8) is 0 Å². The fourth-order valence-electron chi connectivity index (χ4n) is 3.40. The van der Waals surface area contributed by atoms with E-state index in [2.05, 4.69) is 10.0 Å². The average molecular weight is 505 g/mol. The first-order valence-electron chi connectivity index (χ1n) is 10.8. The van der Waals surface area contributed by atoms with Crippen LogP contribution < -0.4 is 14.8 Å². The standard InChI is InChI=1S/C27H24N2O4S2/c1-33-25-15-9-8-14-24(25)28-27(30)26(20-10-4-2-5-11-20)34-22-18-16-21(17-19-22)29-35(31,32)23-12-6-3-7-13-23/h2-19,26,29H,1H3,(H,28,30). The molecule has 178 valence electrons. The minimum absolute atomic E-state index is 0.190. The minimum Gasteiger partial charge on any atom is -0.495 e. The number of sulfonamides is 1. The van der Waals surface area contributed by atoms with Crippen molar-refractivity contribution in [1.82, 2.24) is 0 Å². The second-order valence-electron chi connectivity index (χ2n) is 7.54. The zero-order chi connectivity index (χ0) is 24.7. The molecule has 4 rings (SSSR count). The average Bonchev–Trinajstić information content (AvgIpc) is 2.89. The number of benzene rings is 4. The summed E-state index contributed by atoms with van der Waals surface area (Å²) in [5, 5.41) is 2.43. The number of carbonyl (C=O) groups is 1. The van der Waals surface area contributed by atoms with Crippen molar-refractivity contribution in [2.24, 2.45) is 0 Å². The number of methoxy groups -OCH3 is 1. The number of para-hydroxylation sites is 2. The third kappa shape index (κ3) is 6.23. The molecule has 35 heavy (non-hydrogen) atoms. The van der Waals surface area contributed by atoms with Gasteiger partial charge in [0.05, 0.1) is 17.7 Å². The van der Waals surface area contributed by atoms with E-state index in [4.69, 9.17) is 4.74 Å². The van der Waals surface area contributed by atoms with Crippen molar-refractivity contribution in [1.29, 1.82) is 0 Å². The molecule has 4 aromatic carbocycles. The lowest BCUT2D eigenvalue weighted by Crippen LogP contribution is -2.19.